The maximum atomic E-state index is 2.38. The SMILES string of the molecule is CCN(CC)CC.[Ru+3]. The van der Waals surface area contributed by atoms with Gasteiger partial charge in [0.05, 0.1) is 0 Å². The minimum absolute atomic E-state index is 0. The summed E-state index contributed by atoms with van der Waals surface area (Å²) in [5, 5.41) is 0. The van der Waals surface area contributed by atoms with Crippen molar-refractivity contribution in [2.45, 2.75) is 20.8 Å². The molecule has 0 N–H and O–H groups in total. The maximum Gasteiger partial charge on any atom is 3.00 e. The van der Waals surface area contributed by atoms with Crippen LogP contribution in [0.4, 0.5) is 0 Å². The minimum Gasteiger partial charge on any atom is -0.304 e. The van der Waals surface area contributed by atoms with E-state index in [1.807, 2.05) is 0 Å². The van der Waals surface area contributed by atoms with Crippen LogP contribution >= 0.6 is 0 Å². The monoisotopic (exact) mass is 203 g/mol. The zero-order valence-electron chi connectivity index (χ0n) is 5.92. The molecule has 2 heteroatoms. The summed E-state index contributed by atoms with van der Waals surface area (Å²) in [6.45, 7) is 10.1. The first-order valence-electron chi connectivity index (χ1n) is 3.07. The van der Waals surface area contributed by atoms with Gasteiger partial charge in [-0.3, -0.25) is 0 Å². The van der Waals surface area contributed by atoms with E-state index < -0.39 is 0 Å². The molecule has 0 saturated carbocycles. The third kappa shape index (κ3) is 4.74. The van der Waals surface area contributed by atoms with E-state index >= 15 is 0 Å². The molecule has 0 aliphatic rings. The Labute approximate surface area is 65.2 Å². The van der Waals surface area contributed by atoms with Gasteiger partial charge in [-0.25, -0.2) is 0 Å². The van der Waals surface area contributed by atoms with Crippen LogP contribution in [0, 0.1) is 0 Å². The Balaban J connectivity index is 0. The van der Waals surface area contributed by atoms with E-state index in [9.17, 15) is 0 Å². The van der Waals surface area contributed by atoms with Crippen LogP contribution in [0.3, 0.4) is 0 Å². The zero-order valence-corrected chi connectivity index (χ0v) is 7.66. The molecule has 0 aromatic heterocycles. The quantitative estimate of drug-likeness (QED) is 0.624. The number of rotatable bonds is 3. The van der Waals surface area contributed by atoms with Gasteiger partial charge >= 0.3 is 19.5 Å². The Bertz CT molecular complexity index is 30.0. The number of hydrogen-bond donors (Lipinski definition) is 0. The molecule has 0 unspecified atom stereocenters. The molecule has 0 spiro atoms. The molecule has 0 rings (SSSR count). The van der Waals surface area contributed by atoms with E-state index in [0.717, 1.165) is 0 Å². The van der Waals surface area contributed by atoms with Gasteiger partial charge in [0, 0.05) is 0 Å². The van der Waals surface area contributed by atoms with Gasteiger partial charge in [-0.05, 0) is 19.6 Å². The summed E-state index contributed by atoms with van der Waals surface area (Å²) < 4.78 is 0. The molecule has 0 aliphatic heterocycles. The van der Waals surface area contributed by atoms with Gasteiger partial charge in [0.1, 0.15) is 0 Å². The van der Waals surface area contributed by atoms with E-state index in [4.69, 9.17) is 0 Å². The molecule has 0 aromatic rings. The predicted octanol–water partition coefficient (Wildman–Crippen LogP) is 1.35. The molecule has 0 aromatic carbocycles. The molecule has 0 bridgehead atoms. The second-order valence-corrected chi connectivity index (χ2v) is 1.62. The third-order valence-corrected chi connectivity index (χ3v) is 1.34. The molecule has 0 heterocycles. The van der Waals surface area contributed by atoms with Crippen LogP contribution in [0.5, 0.6) is 0 Å². The topological polar surface area (TPSA) is 3.24 Å². The summed E-state index contributed by atoms with van der Waals surface area (Å²) in [6, 6.07) is 0. The first-order valence-corrected chi connectivity index (χ1v) is 3.07. The number of nitrogens with zero attached hydrogens (tertiary/aromatic N) is 1. The normalized spacial score (nSPS) is 9.00. The van der Waals surface area contributed by atoms with E-state index in [-0.39, 0.29) is 19.5 Å². The van der Waals surface area contributed by atoms with Crippen LogP contribution in [0.25, 0.3) is 0 Å². The first kappa shape index (κ1) is 11.4. The van der Waals surface area contributed by atoms with E-state index in [0.29, 0.717) is 0 Å². The molecule has 0 fully saturated rings. The summed E-state index contributed by atoms with van der Waals surface area (Å²) in [4.78, 5) is 2.38. The molecular formula is C6H15NRu+3. The fourth-order valence-corrected chi connectivity index (χ4v) is 0.671. The average molecular weight is 202 g/mol. The Hall–Kier alpha value is 0.583. The van der Waals surface area contributed by atoms with Crippen LogP contribution in [0.2, 0.25) is 0 Å². The van der Waals surface area contributed by atoms with Crippen molar-refractivity contribution in [2.75, 3.05) is 19.6 Å². The Morgan fingerprint density at radius 3 is 1.12 bits per heavy atom. The van der Waals surface area contributed by atoms with Crippen molar-refractivity contribution in [3.8, 4) is 0 Å². The minimum atomic E-state index is 0. The fourth-order valence-electron chi connectivity index (χ4n) is 0.671. The van der Waals surface area contributed by atoms with Crippen LogP contribution < -0.4 is 0 Å². The molecule has 1 nitrogen and oxygen atoms in total. The van der Waals surface area contributed by atoms with Gasteiger partial charge in [-0.15, -0.1) is 0 Å². The standard InChI is InChI=1S/C6H15N.Ru/c1-4-7(5-2)6-3;/h4-6H2,1-3H3;/q;+3. The van der Waals surface area contributed by atoms with E-state index in [2.05, 4.69) is 25.7 Å². The first-order chi connectivity index (χ1) is 3.35. The summed E-state index contributed by atoms with van der Waals surface area (Å²) in [5.41, 5.74) is 0. The molecule has 0 saturated heterocycles. The van der Waals surface area contributed by atoms with Gasteiger partial charge in [0.15, 0.2) is 0 Å². The van der Waals surface area contributed by atoms with Gasteiger partial charge in [-0.1, -0.05) is 20.8 Å². The third-order valence-electron chi connectivity index (χ3n) is 1.34. The van der Waals surface area contributed by atoms with Crippen LogP contribution in [-0.4, -0.2) is 24.5 Å². The molecule has 0 amide bonds. The van der Waals surface area contributed by atoms with Gasteiger partial charge in [-0.2, -0.15) is 0 Å². The van der Waals surface area contributed by atoms with Crippen molar-refractivity contribution < 1.29 is 19.5 Å². The summed E-state index contributed by atoms with van der Waals surface area (Å²) in [5.74, 6) is 0. The van der Waals surface area contributed by atoms with Crippen molar-refractivity contribution in [3.05, 3.63) is 0 Å². The van der Waals surface area contributed by atoms with Crippen molar-refractivity contribution in [3.63, 3.8) is 0 Å². The van der Waals surface area contributed by atoms with Crippen LogP contribution in [0.1, 0.15) is 20.8 Å². The van der Waals surface area contributed by atoms with Crippen molar-refractivity contribution in [1.29, 1.82) is 0 Å². The molecule has 1 radical (unpaired) electrons. The largest absolute Gasteiger partial charge is 3.00 e. The maximum absolute atomic E-state index is 2.38. The van der Waals surface area contributed by atoms with E-state index in [1.54, 1.807) is 0 Å². The fraction of sp³-hybridized carbons (Fsp3) is 1.00. The van der Waals surface area contributed by atoms with Crippen molar-refractivity contribution >= 4 is 0 Å². The zero-order chi connectivity index (χ0) is 5.70. The van der Waals surface area contributed by atoms with Crippen LogP contribution in [0.15, 0.2) is 0 Å². The number of hydrogen-bond acceptors (Lipinski definition) is 1. The van der Waals surface area contributed by atoms with Crippen LogP contribution in [-0.2, 0) is 19.5 Å². The second kappa shape index (κ2) is 7.58. The van der Waals surface area contributed by atoms with Gasteiger partial charge < -0.3 is 4.90 Å². The Morgan fingerprint density at radius 2 is 1.12 bits per heavy atom. The summed E-state index contributed by atoms with van der Waals surface area (Å²) >= 11 is 0. The van der Waals surface area contributed by atoms with E-state index in [1.165, 1.54) is 19.6 Å². The smallest absolute Gasteiger partial charge is 0.304 e. The average Bonchev–Trinajstić information content (AvgIpc) is 1.72. The van der Waals surface area contributed by atoms with Crippen molar-refractivity contribution in [1.82, 2.24) is 4.90 Å². The Morgan fingerprint density at radius 1 is 0.875 bits per heavy atom. The summed E-state index contributed by atoms with van der Waals surface area (Å²) in [7, 11) is 0. The van der Waals surface area contributed by atoms with Crippen molar-refractivity contribution in [2.24, 2.45) is 0 Å². The molecule has 8 heavy (non-hydrogen) atoms. The molecular weight excluding hydrogens is 187 g/mol. The second-order valence-electron chi connectivity index (χ2n) is 1.62. The Kier molecular flexibility index (Phi) is 10.8. The van der Waals surface area contributed by atoms with Gasteiger partial charge in [0.25, 0.3) is 0 Å². The summed E-state index contributed by atoms with van der Waals surface area (Å²) in [6.07, 6.45) is 0. The molecule has 0 aliphatic carbocycles. The van der Waals surface area contributed by atoms with Gasteiger partial charge in [0.2, 0.25) is 0 Å². The molecule has 49 valence electrons. The predicted molar refractivity (Wildman–Crippen MR) is 33.5 cm³/mol. The molecule has 0 atom stereocenters.